The number of nitrogens with zero attached hydrogens (tertiary/aromatic N) is 5. The van der Waals surface area contributed by atoms with Gasteiger partial charge in [0.2, 0.25) is 11.9 Å². The predicted octanol–water partition coefficient (Wildman–Crippen LogP) is 2.26. The Morgan fingerprint density at radius 1 is 1.26 bits per heavy atom. The number of amides is 1. The summed E-state index contributed by atoms with van der Waals surface area (Å²) in [6.07, 6.45) is 5.13. The van der Waals surface area contributed by atoms with E-state index in [1.165, 1.54) is 16.8 Å². The van der Waals surface area contributed by atoms with Gasteiger partial charge in [0.1, 0.15) is 12.4 Å². The highest BCUT2D eigenvalue weighted by atomic mass is 19.1. The molecule has 0 radical (unpaired) electrons. The third-order valence-electron chi connectivity index (χ3n) is 4.02. The molecule has 0 bridgehead atoms. The second kappa shape index (κ2) is 6.52. The number of nitrogens with two attached hydrogens (primary N) is 1. The first kappa shape index (κ1) is 16.7. The third kappa shape index (κ3) is 3.47. The number of anilines is 2. The Balaban J connectivity index is 1.49. The molecule has 4 aromatic rings. The Bertz CT molecular complexity index is 1150. The molecule has 0 spiro atoms. The van der Waals surface area contributed by atoms with Gasteiger partial charge >= 0.3 is 0 Å². The van der Waals surface area contributed by atoms with Crippen molar-refractivity contribution in [2.45, 2.75) is 13.5 Å². The van der Waals surface area contributed by atoms with E-state index in [0.29, 0.717) is 5.65 Å². The first-order chi connectivity index (χ1) is 13.0. The number of halogens is 1. The number of pyridine rings is 1. The van der Waals surface area contributed by atoms with Gasteiger partial charge in [0.05, 0.1) is 11.9 Å². The minimum absolute atomic E-state index is 0.0343. The van der Waals surface area contributed by atoms with Crippen LogP contribution in [0, 0.1) is 12.7 Å². The molecule has 0 fully saturated rings. The Labute approximate surface area is 153 Å². The van der Waals surface area contributed by atoms with Gasteiger partial charge in [-0.2, -0.15) is 10.1 Å². The molecule has 136 valence electrons. The molecule has 0 saturated carbocycles. The first-order valence-corrected chi connectivity index (χ1v) is 8.19. The molecule has 0 unspecified atom stereocenters. The molecule has 9 heteroatoms. The summed E-state index contributed by atoms with van der Waals surface area (Å²) in [6, 6.07) is 8.32. The Morgan fingerprint density at radius 2 is 2.11 bits per heavy atom. The summed E-state index contributed by atoms with van der Waals surface area (Å²) in [5, 5.41) is 10.8. The maximum absolute atomic E-state index is 13.8. The topological polar surface area (TPSA) is 103 Å². The second-order valence-corrected chi connectivity index (χ2v) is 6.15. The van der Waals surface area contributed by atoms with Crippen molar-refractivity contribution < 1.29 is 9.18 Å². The molecular weight excluding hydrogens is 349 g/mol. The highest BCUT2D eigenvalue weighted by Gasteiger charge is 2.10. The average Bonchev–Trinajstić information content (AvgIpc) is 3.22. The minimum Gasteiger partial charge on any atom is -0.366 e. The molecule has 8 nitrogen and oxygen atoms in total. The summed E-state index contributed by atoms with van der Waals surface area (Å²) < 4.78 is 16.9. The summed E-state index contributed by atoms with van der Waals surface area (Å²) in [4.78, 5) is 16.3. The zero-order valence-electron chi connectivity index (χ0n) is 14.4. The second-order valence-electron chi connectivity index (χ2n) is 6.15. The molecule has 0 atom stereocenters. The zero-order valence-corrected chi connectivity index (χ0v) is 14.4. The van der Waals surface area contributed by atoms with Gasteiger partial charge in [-0.1, -0.05) is 6.07 Å². The maximum Gasteiger partial charge on any atom is 0.246 e. The van der Waals surface area contributed by atoms with E-state index in [2.05, 4.69) is 20.5 Å². The molecular formula is C18H16FN7O. The van der Waals surface area contributed by atoms with Crippen LogP contribution in [0.3, 0.4) is 0 Å². The van der Waals surface area contributed by atoms with Crippen molar-refractivity contribution in [3.05, 3.63) is 60.3 Å². The molecule has 1 amide bonds. The van der Waals surface area contributed by atoms with E-state index in [1.807, 2.05) is 12.1 Å². The number of hydrogen-bond donors (Lipinski definition) is 2. The molecule has 0 aliphatic heterocycles. The Kier molecular flexibility index (Phi) is 4.03. The predicted molar refractivity (Wildman–Crippen MR) is 98.4 cm³/mol. The van der Waals surface area contributed by atoms with Crippen LogP contribution in [0.4, 0.5) is 16.0 Å². The lowest BCUT2D eigenvalue weighted by molar-refractivity contribution is -0.116. The monoisotopic (exact) mass is 365 g/mol. The van der Waals surface area contributed by atoms with Crippen LogP contribution in [0.2, 0.25) is 0 Å². The zero-order chi connectivity index (χ0) is 19.0. The van der Waals surface area contributed by atoms with Gasteiger partial charge in [0.15, 0.2) is 5.65 Å². The van der Waals surface area contributed by atoms with E-state index < -0.39 is 5.82 Å². The van der Waals surface area contributed by atoms with Crippen LogP contribution in [0.1, 0.15) is 5.56 Å². The molecule has 3 N–H and O–H groups in total. The quantitative estimate of drug-likeness (QED) is 0.577. The van der Waals surface area contributed by atoms with Crippen molar-refractivity contribution in [3.63, 3.8) is 0 Å². The molecule has 3 aromatic heterocycles. The maximum atomic E-state index is 13.8. The van der Waals surface area contributed by atoms with Crippen LogP contribution in [-0.4, -0.2) is 30.3 Å². The van der Waals surface area contributed by atoms with Crippen molar-refractivity contribution in [2.24, 2.45) is 0 Å². The molecule has 0 aliphatic rings. The van der Waals surface area contributed by atoms with Crippen molar-refractivity contribution in [2.75, 3.05) is 11.1 Å². The number of carbonyl (C=O) groups excluding carboxylic acids is 1. The summed E-state index contributed by atoms with van der Waals surface area (Å²) in [5.41, 5.74) is 8.82. The highest BCUT2D eigenvalue weighted by molar-refractivity contribution is 5.90. The standard InChI is InChI=1S/C18H16FN7O/c1-11-2-3-15(14(19)6-11)22-17(27)10-25-9-13(8-21-25)12-4-5-26-16(7-12)23-18(20)24-26/h2-9H,10H2,1H3,(H2,20,24)(H,22,27). The SMILES string of the molecule is Cc1ccc(NC(=O)Cn2cc(-c3ccn4nc(N)nc4c3)cn2)c(F)c1. The Morgan fingerprint density at radius 3 is 2.93 bits per heavy atom. The fourth-order valence-corrected chi connectivity index (χ4v) is 2.74. The molecule has 3 heterocycles. The smallest absolute Gasteiger partial charge is 0.246 e. The van der Waals surface area contributed by atoms with Gasteiger partial charge in [-0.15, -0.1) is 5.10 Å². The number of rotatable bonds is 4. The fourth-order valence-electron chi connectivity index (χ4n) is 2.74. The van der Waals surface area contributed by atoms with Gasteiger partial charge < -0.3 is 11.1 Å². The van der Waals surface area contributed by atoms with Crippen LogP contribution in [0.15, 0.2) is 48.9 Å². The van der Waals surface area contributed by atoms with Crippen molar-refractivity contribution in [1.82, 2.24) is 24.4 Å². The summed E-state index contributed by atoms with van der Waals surface area (Å²) >= 11 is 0. The average molecular weight is 365 g/mol. The molecule has 27 heavy (non-hydrogen) atoms. The number of aromatic nitrogens is 5. The third-order valence-corrected chi connectivity index (χ3v) is 4.02. The van der Waals surface area contributed by atoms with Crippen LogP contribution in [0.5, 0.6) is 0 Å². The van der Waals surface area contributed by atoms with E-state index in [9.17, 15) is 9.18 Å². The van der Waals surface area contributed by atoms with Crippen LogP contribution in [-0.2, 0) is 11.3 Å². The summed E-state index contributed by atoms with van der Waals surface area (Å²) in [7, 11) is 0. The fraction of sp³-hybridized carbons (Fsp3) is 0.111. The van der Waals surface area contributed by atoms with Crippen LogP contribution in [0.25, 0.3) is 16.8 Å². The van der Waals surface area contributed by atoms with E-state index >= 15 is 0 Å². The normalized spacial score (nSPS) is 11.0. The number of fused-ring (bicyclic) bond motifs is 1. The molecule has 0 aliphatic carbocycles. The highest BCUT2D eigenvalue weighted by Crippen LogP contribution is 2.20. The number of benzene rings is 1. The van der Waals surface area contributed by atoms with E-state index in [-0.39, 0.29) is 24.1 Å². The van der Waals surface area contributed by atoms with Gasteiger partial charge in [0, 0.05) is 18.0 Å². The number of nitrogens with one attached hydrogen (secondary N) is 1. The number of carbonyl (C=O) groups is 1. The summed E-state index contributed by atoms with van der Waals surface area (Å²) in [6.45, 7) is 1.75. The lowest BCUT2D eigenvalue weighted by Gasteiger charge is -2.07. The van der Waals surface area contributed by atoms with Crippen LogP contribution < -0.4 is 11.1 Å². The van der Waals surface area contributed by atoms with Crippen molar-refractivity contribution in [3.8, 4) is 11.1 Å². The van der Waals surface area contributed by atoms with E-state index in [4.69, 9.17) is 5.73 Å². The van der Waals surface area contributed by atoms with Gasteiger partial charge in [0.25, 0.3) is 0 Å². The lowest BCUT2D eigenvalue weighted by Crippen LogP contribution is -2.19. The van der Waals surface area contributed by atoms with Crippen molar-refractivity contribution in [1.29, 1.82) is 0 Å². The largest absolute Gasteiger partial charge is 0.366 e. The molecule has 0 saturated heterocycles. The van der Waals surface area contributed by atoms with Gasteiger partial charge in [-0.3, -0.25) is 9.48 Å². The number of hydrogen-bond acceptors (Lipinski definition) is 5. The lowest BCUT2D eigenvalue weighted by atomic mass is 10.1. The van der Waals surface area contributed by atoms with Gasteiger partial charge in [-0.05, 0) is 42.3 Å². The number of nitrogen functional groups attached to an aromatic ring is 1. The van der Waals surface area contributed by atoms with Crippen molar-refractivity contribution >= 4 is 23.2 Å². The number of aryl methyl sites for hydroxylation is 1. The van der Waals surface area contributed by atoms with E-state index in [0.717, 1.165) is 16.7 Å². The van der Waals surface area contributed by atoms with Crippen LogP contribution >= 0.6 is 0 Å². The Hall–Kier alpha value is -3.75. The summed E-state index contributed by atoms with van der Waals surface area (Å²) in [5.74, 6) is -0.638. The molecule has 1 aromatic carbocycles. The van der Waals surface area contributed by atoms with Gasteiger partial charge in [-0.25, -0.2) is 8.91 Å². The first-order valence-electron chi connectivity index (χ1n) is 8.19. The molecule has 4 rings (SSSR count). The van der Waals surface area contributed by atoms with E-state index in [1.54, 1.807) is 36.1 Å². The minimum atomic E-state index is -0.467.